The number of esters is 2. The first-order valence-corrected chi connectivity index (χ1v) is 7.00. The standard InChI is InChI=1S/C16H20O5/c1-3-20-15(18)10-6-7-11-16(19)21-14-9-5-4-8-13(14)12(2)17/h4-5,8-9H,3,6-7,10-11H2,1-2H3. The molecule has 1 aromatic carbocycles. The molecule has 0 saturated carbocycles. The molecule has 0 heterocycles. The zero-order chi connectivity index (χ0) is 15.7. The van der Waals surface area contributed by atoms with Crippen LogP contribution in [0.1, 0.15) is 49.9 Å². The predicted molar refractivity (Wildman–Crippen MR) is 77.2 cm³/mol. The molecule has 0 N–H and O–H groups in total. The number of carbonyl (C=O) groups excluding carboxylic acids is 3. The van der Waals surface area contributed by atoms with Gasteiger partial charge in [0.25, 0.3) is 0 Å². The summed E-state index contributed by atoms with van der Waals surface area (Å²) in [6.45, 7) is 3.54. The quantitative estimate of drug-likeness (QED) is 0.319. The van der Waals surface area contributed by atoms with E-state index in [-0.39, 0.29) is 23.9 Å². The van der Waals surface area contributed by atoms with Crippen molar-refractivity contribution in [3.63, 3.8) is 0 Å². The first-order chi connectivity index (χ1) is 10.0. The largest absolute Gasteiger partial charge is 0.466 e. The first-order valence-electron chi connectivity index (χ1n) is 7.00. The highest BCUT2D eigenvalue weighted by Crippen LogP contribution is 2.19. The van der Waals surface area contributed by atoms with Gasteiger partial charge in [0.15, 0.2) is 5.78 Å². The summed E-state index contributed by atoms with van der Waals surface area (Å²) in [7, 11) is 0. The third-order valence-electron chi connectivity index (χ3n) is 2.81. The lowest BCUT2D eigenvalue weighted by atomic mass is 10.1. The van der Waals surface area contributed by atoms with Crippen LogP contribution in [0.3, 0.4) is 0 Å². The van der Waals surface area contributed by atoms with Crippen LogP contribution in [-0.2, 0) is 14.3 Å². The van der Waals surface area contributed by atoms with E-state index >= 15 is 0 Å². The molecule has 5 heteroatoms. The zero-order valence-electron chi connectivity index (χ0n) is 12.4. The molecule has 0 spiro atoms. The summed E-state index contributed by atoms with van der Waals surface area (Å²) < 4.78 is 9.98. The molecule has 0 saturated heterocycles. The van der Waals surface area contributed by atoms with E-state index < -0.39 is 5.97 Å². The number of Topliss-reactive ketones (excluding diaryl/α,β-unsaturated/α-hetero) is 1. The van der Waals surface area contributed by atoms with Crippen LogP contribution in [0, 0.1) is 0 Å². The van der Waals surface area contributed by atoms with Gasteiger partial charge in [-0.2, -0.15) is 0 Å². The number of ether oxygens (including phenoxy) is 2. The molecule has 1 aromatic rings. The maximum Gasteiger partial charge on any atom is 0.311 e. The highest BCUT2D eigenvalue weighted by atomic mass is 16.5. The summed E-state index contributed by atoms with van der Waals surface area (Å²) >= 11 is 0. The van der Waals surface area contributed by atoms with E-state index in [1.165, 1.54) is 6.92 Å². The molecule has 0 unspecified atom stereocenters. The van der Waals surface area contributed by atoms with Gasteiger partial charge in [0.2, 0.25) is 0 Å². The lowest BCUT2D eigenvalue weighted by Crippen LogP contribution is -2.10. The van der Waals surface area contributed by atoms with Crippen LogP contribution in [0.15, 0.2) is 24.3 Å². The van der Waals surface area contributed by atoms with Gasteiger partial charge in [-0.05, 0) is 38.8 Å². The summed E-state index contributed by atoms with van der Waals surface area (Å²) in [4.78, 5) is 34.2. The molecule has 0 aliphatic rings. The summed E-state index contributed by atoms with van der Waals surface area (Å²) in [5.41, 5.74) is 0.386. The summed E-state index contributed by atoms with van der Waals surface area (Å²) in [6, 6.07) is 6.63. The van der Waals surface area contributed by atoms with Crippen molar-refractivity contribution in [2.24, 2.45) is 0 Å². The SMILES string of the molecule is CCOC(=O)CCCCC(=O)Oc1ccccc1C(C)=O. The Hall–Kier alpha value is -2.17. The van der Waals surface area contributed by atoms with Crippen molar-refractivity contribution < 1.29 is 23.9 Å². The molecule has 114 valence electrons. The summed E-state index contributed by atoms with van der Waals surface area (Å²) in [5.74, 6) is -0.540. The maximum absolute atomic E-state index is 11.7. The van der Waals surface area contributed by atoms with E-state index in [9.17, 15) is 14.4 Å². The van der Waals surface area contributed by atoms with E-state index in [1.807, 2.05) is 0 Å². The minimum absolute atomic E-state index is 0.152. The van der Waals surface area contributed by atoms with E-state index in [0.29, 0.717) is 31.4 Å². The van der Waals surface area contributed by atoms with Crippen molar-refractivity contribution in [1.82, 2.24) is 0 Å². The minimum Gasteiger partial charge on any atom is -0.466 e. The number of unbranched alkanes of at least 4 members (excludes halogenated alkanes) is 1. The van der Waals surface area contributed by atoms with Crippen LogP contribution in [-0.4, -0.2) is 24.3 Å². The molecule has 0 aliphatic heterocycles. The number of para-hydroxylation sites is 1. The lowest BCUT2D eigenvalue weighted by Gasteiger charge is -2.07. The molecule has 0 bridgehead atoms. The van der Waals surface area contributed by atoms with Gasteiger partial charge in [-0.1, -0.05) is 12.1 Å². The van der Waals surface area contributed by atoms with Gasteiger partial charge < -0.3 is 9.47 Å². The number of carbonyl (C=O) groups is 3. The van der Waals surface area contributed by atoms with Crippen molar-refractivity contribution in [2.45, 2.75) is 39.5 Å². The second-order valence-corrected chi connectivity index (χ2v) is 4.54. The van der Waals surface area contributed by atoms with Crippen molar-refractivity contribution in [2.75, 3.05) is 6.61 Å². The second-order valence-electron chi connectivity index (χ2n) is 4.54. The molecule has 0 aromatic heterocycles. The smallest absolute Gasteiger partial charge is 0.311 e. The second kappa shape index (κ2) is 8.89. The molecular weight excluding hydrogens is 272 g/mol. The Kier molecular flexibility index (Phi) is 7.15. The van der Waals surface area contributed by atoms with Crippen LogP contribution in [0.4, 0.5) is 0 Å². The molecule has 0 amide bonds. The Morgan fingerprint density at radius 3 is 2.24 bits per heavy atom. The fraction of sp³-hybridized carbons (Fsp3) is 0.438. The van der Waals surface area contributed by atoms with E-state index in [4.69, 9.17) is 9.47 Å². The Balaban J connectivity index is 2.38. The van der Waals surface area contributed by atoms with E-state index in [1.54, 1.807) is 31.2 Å². The van der Waals surface area contributed by atoms with E-state index in [0.717, 1.165) is 0 Å². The number of ketones is 1. The monoisotopic (exact) mass is 292 g/mol. The summed E-state index contributed by atoms with van der Waals surface area (Å²) in [5, 5.41) is 0. The molecule has 1 rings (SSSR count). The maximum atomic E-state index is 11.7. The van der Waals surface area contributed by atoms with Gasteiger partial charge >= 0.3 is 11.9 Å². The Morgan fingerprint density at radius 2 is 1.62 bits per heavy atom. The Labute approximate surface area is 124 Å². The molecular formula is C16H20O5. The van der Waals surface area contributed by atoms with Crippen LogP contribution in [0.25, 0.3) is 0 Å². The van der Waals surface area contributed by atoms with Gasteiger partial charge in [-0.25, -0.2) is 0 Å². The molecule has 0 radical (unpaired) electrons. The third-order valence-corrected chi connectivity index (χ3v) is 2.81. The number of benzene rings is 1. The molecule has 21 heavy (non-hydrogen) atoms. The fourth-order valence-electron chi connectivity index (χ4n) is 1.79. The molecule has 0 atom stereocenters. The van der Waals surface area contributed by atoms with Crippen LogP contribution in [0.5, 0.6) is 5.75 Å². The lowest BCUT2D eigenvalue weighted by molar-refractivity contribution is -0.143. The molecule has 0 aliphatic carbocycles. The van der Waals surface area contributed by atoms with Gasteiger partial charge in [0.1, 0.15) is 5.75 Å². The third kappa shape index (κ3) is 6.21. The van der Waals surface area contributed by atoms with Crippen molar-refractivity contribution in [3.05, 3.63) is 29.8 Å². The van der Waals surface area contributed by atoms with E-state index in [2.05, 4.69) is 0 Å². The minimum atomic E-state index is -0.410. The number of hydrogen-bond acceptors (Lipinski definition) is 5. The fourth-order valence-corrected chi connectivity index (χ4v) is 1.79. The average Bonchev–Trinajstić information content (AvgIpc) is 2.44. The predicted octanol–water partition coefficient (Wildman–Crippen LogP) is 2.92. The zero-order valence-corrected chi connectivity index (χ0v) is 12.4. The first kappa shape index (κ1) is 16.9. The van der Waals surface area contributed by atoms with Gasteiger partial charge in [-0.15, -0.1) is 0 Å². The molecule has 0 fully saturated rings. The van der Waals surface area contributed by atoms with Crippen LogP contribution >= 0.6 is 0 Å². The Morgan fingerprint density at radius 1 is 1.00 bits per heavy atom. The van der Waals surface area contributed by atoms with Gasteiger partial charge in [0.05, 0.1) is 12.2 Å². The van der Waals surface area contributed by atoms with Crippen molar-refractivity contribution >= 4 is 17.7 Å². The summed E-state index contributed by atoms with van der Waals surface area (Å²) in [6.07, 6.45) is 1.61. The van der Waals surface area contributed by atoms with Crippen molar-refractivity contribution in [3.8, 4) is 5.75 Å². The highest BCUT2D eigenvalue weighted by molar-refractivity contribution is 5.97. The normalized spacial score (nSPS) is 10.0. The average molecular weight is 292 g/mol. The van der Waals surface area contributed by atoms with Crippen LogP contribution < -0.4 is 4.74 Å². The number of hydrogen-bond donors (Lipinski definition) is 0. The van der Waals surface area contributed by atoms with Crippen LogP contribution in [0.2, 0.25) is 0 Å². The van der Waals surface area contributed by atoms with Gasteiger partial charge in [0, 0.05) is 12.8 Å². The topological polar surface area (TPSA) is 69.7 Å². The highest BCUT2D eigenvalue weighted by Gasteiger charge is 2.12. The van der Waals surface area contributed by atoms with Gasteiger partial charge in [-0.3, -0.25) is 14.4 Å². The number of rotatable bonds is 8. The molecule has 5 nitrogen and oxygen atoms in total. The Bertz CT molecular complexity index is 507. The van der Waals surface area contributed by atoms with Crippen molar-refractivity contribution in [1.29, 1.82) is 0 Å².